The maximum atomic E-state index is 12.9. The molecule has 0 spiro atoms. The molecule has 0 radical (unpaired) electrons. The normalized spacial score (nSPS) is 15.0. The fourth-order valence-electron chi connectivity index (χ4n) is 3.56. The number of nitrogens with zero attached hydrogens (tertiary/aromatic N) is 3. The number of pyridine rings is 2. The summed E-state index contributed by atoms with van der Waals surface area (Å²) in [5.41, 5.74) is 2.08. The third-order valence-corrected chi connectivity index (χ3v) is 4.86. The number of nitrogens with one attached hydrogen (secondary N) is 1. The van der Waals surface area contributed by atoms with Gasteiger partial charge in [0.2, 0.25) is 5.88 Å². The van der Waals surface area contributed by atoms with Gasteiger partial charge >= 0.3 is 0 Å². The molecule has 9 nitrogen and oxygen atoms in total. The van der Waals surface area contributed by atoms with Gasteiger partial charge in [-0.15, -0.1) is 0 Å². The largest absolute Gasteiger partial charge is 0.483 e. The minimum Gasteiger partial charge on any atom is -0.483 e. The Kier molecular flexibility index (Phi) is 9.59. The maximum absolute atomic E-state index is 12.9. The first-order valence-electron chi connectivity index (χ1n) is 10.6. The minimum atomic E-state index is -0.250. The Hall–Kier alpha value is -3.49. The van der Waals surface area contributed by atoms with Crippen molar-refractivity contribution in [2.24, 2.45) is 5.92 Å². The summed E-state index contributed by atoms with van der Waals surface area (Å²) < 4.78 is 5.50. The molecule has 1 atom stereocenters. The van der Waals surface area contributed by atoms with Gasteiger partial charge in [0.1, 0.15) is 5.56 Å². The number of ether oxygens (including phenoxy) is 1. The van der Waals surface area contributed by atoms with Gasteiger partial charge in [-0.1, -0.05) is 0 Å². The lowest BCUT2D eigenvalue weighted by Gasteiger charge is -2.18. The lowest BCUT2D eigenvalue weighted by molar-refractivity contribution is -0.122. The summed E-state index contributed by atoms with van der Waals surface area (Å²) in [6, 6.07) is 5.48. The highest BCUT2D eigenvalue weighted by atomic mass is 16.5. The second-order valence-electron chi connectivity index (χ2n) is 7.71. The Labute approximate surface area is 187 Å². The van der Waals surface area contributed by atoms with Gasteiger partial charge < -0.3 is 20.1 Å². The van der Waals surface area contributed by atoms with E-state index in [1.165, 1.54) is 0 Å². The molecule has 1 aliphatic heterocycles. The van der Waals surface area contributed by atoms with Crippen LogP contribution in [0.4, 0.5) is 0 Å². The molecule has 32 heavy (non-hydrogen) atoms. The zero-order valence-corrected chi connectivity index (χ0v) is 18.7. The molecule has 9 heteroatoms. The zero-order chi connectivity index (χ0) is 23.5. The fourth-order valence-corrected chi connectivity index (χ4v) is 3.56. The van der Waals surface area contributed by atoms with Crippen LogP contribution in [0.2, 0.25) is 0 Å². The number of likely N-dealkylation sites (tertiary alicyclic amines) is 1. The first-order chi connectivity index (χ1) is 15.4. The monoisotopic (exact) mass is 442 g/mol. The Bertz CT molecular complexity index is 919. The summed E-state index contributed by atoms with van der Waals surface area (Å²) in [4.78, 5) is 43.7. The van der Waals surface area contributed by atoms with Crippen molar-refractivity contribution in [1.82, 2.24) is 20.2 Å². The average molecular weight is 443 g/mol. The number of amides is 2. The number of carbonyl (C=O) groups is 3. The van der Waals surface area contributed by atoms with E-state index in [1.54, 1.807) is 30.7 Å². The van der Waals surface area contributed by atoms with E-state index in [4.69, 9.17) is 14.6 Å². The summed E-state index contributed by atoms with van der Waals surface area (Å²) in [6.07, 6.45) is 6.71. The summed E-state index contributed by atoms with van der Waals surface area (Å²) in [6.45, 7) is 7.32. The van der Waals surface area contributed by atoms with E-state index in [2.05, 4.69) is 15.3 Å². The zero-order valence-electron chi connectivity index (χ0n) is 18.7. The van der Waals surface area contributed by atoms with Crippen LogP contribution in [0.15, 0.2) is 36.8 Å². The van der Waals surface area contributed by atoms with Crippen molar-refractivity contribution in [3.05, 3.63) is 53.5 Å². The summed E-state index contributed by atoms with van der Waals surface area (Å²) in [7, 11) is 0. The van der Waals surface area contributed by atoms with Gasteiger partial charge in [0.25, 0.3) is 18.3 Å². The predicted molar refractivity (Wildman–Crippen MR) is 119 cm³/mol. The highest BCUT2D eigenvalue weighted by molar-refractivity contribution is 5.96. The molecule has 1 saturated heterocycles. The first kappa shape index (κ1) is 24.8. The number of carboxylic acid groups (broad SMARTS) is 1. The summed E-state index contributed by atoms with van der Waals surface area (Å²) >= 11 is 0. The smallest absolute Gasteiger partial charge is 0.290 e. The number of hydrogen-bond acceptors (Lipinski definition) is 6. The van der Waals surface area contributed by atoms with Gasteiger partial charge in [-0.2, -0.15) is 0 Å². The van der Waals surface area contributed by atoms with E-state index in [-0.39, 0.29) is 24.3 Å². The molecule has 1 unspecified atom stereocenters. The van der Waals surface area contributed by atoms with Gasteiger partial charge in [0.15, 0.2) is 0 Å². The molecule has 2 amide bonds. The summed E-state index contributed by atoms with van der Waals surface area (Å²) in [5, 5.41) is 9.77. The van der Waals surface area contributed by atoms with Gasteiger partial charge in [-0.05, 0) is 63.3 Å². The van der Waals surface area contributed by atoms with Crippen molar-refractivity contribution in [2.75, 3.05) is 19.7 Å². The van der Waals surface area contributed by atoms with Gasteiger partial charge in [-0.25, -0.2) is 4.98 Å². The third-order valence-electron chi connectivity index (χ3n) is 4.86. The predicted octanol–water partition coefficient (Wildman–Crippen LogP) is 2.42. The van der Waals surface area contributed by atoms with Crippen LogP contribution in [0.5, 0.6) is 5.88 Å². The lowest BCUT2D eigenvalue weighted by atomic mass is 9.99. The Morgan fingerprint density at radius 3 is 2.81 bits per heavy atom. The van der Waals surface area contributed by atoms with Crippen LogP contribution in [-0.4, -0.2) is 64.0 Å². The van der Waals surface area contributed by atoms with Crippen LogP contribution in [0.25, 0.3) is 0 Å². The van der Waals surface area contributed by atoms with Crippen molar-refractivity contribution in [3.63, 3.8) is 0 Å². The highest BCUT2D eigenvalue weighted by Gasteiger charge is 2.29. The van der Waals surface area contributed by atoms with Crippen LogP contribution in [0.3, 0.4) is 0 Å². The van der Waals surface area contributed by atoms with E-state index in [1.807, 2.05) is 31.7 Å². The summed E-state index contributed by atoms with van der Waals surface area (Å²) in [5.74, 6) is 0.553. The lowest BCUT2D eigenvalue weighted by Crippen LogP contribution is -2.30. The molecule has 1 aliphatic rings. The third kappa shape index (κ3) is 7.04. The molecule has 0 aromatic carbocycles. The highest BCUT2D eigenvalue weighted by Crippen LogP contribution is 2.25. The Balaban J connectivity index is 0.00000114. The van der Waals surface area contributed by atoms with Crippen LogP contribution in [0, 0.1) is 5.92 Å². The standard InChI is InChI=1S/C22H28N4O3.CH2O2/c1-4-29-21-19(6-5-8-24-21)22(28)26-9-7-16(14-26)10-17-11-18(13-23-12-17)20(27)25-15(2)3;2-1-3/h5-6,8,11-13,15-16H,4,7,9-10,14H2,1-3H3,(H,25,27);1H,(H,2,3). The SMILES string of the molecule is CCOc1ncccc1C(=O)N1CCC(Cc2cncc(C(=O)NC(C)C)c2)C1.O=CO. The van der Waals surface area contributed by atoms with E-state index in [9.17, 15) is 9.59 Å². The molecule has 2 N–H and O–H groups in total. The Morgan fingerprint density at radius 1 is 1.38 bits per heavy atom. The number of carbonyl (C=O) groups excluding carboxylic acids is 2. The molecular formula is C23H30N4O5. The van der Waals surface area contributed by atoms with Crippen LogP contribution in [-0.2, 0) is 11.2 Å². The maximum Gasteiger partial charge on any atom is 0.290 e. The van der Waals surface area contributed by atoms with Gasteiger partial charge in [-0.3, -0.25) is 19.4 Å². The molecule has 0 aliphatic carbocycles. The molecule has 3 heterocycles. The van der Waals surface area contributed by atoms with Gasteiger partial charge in [0, 0.05) is 37.7 Å². The van der Waals surface area contributed by atoms with Crippen LogP contribution < -0.4 is 10.1 Å². The molecule has 3 rings (SSSR count). The molecular weight excluding hydrogens is 412 g/mol. The molecule has 2 aromatic rings. The quantitative estimate of drug-likeness (QED) is 0.632. The van der Waals surface area contributed by atoms with E-state index in [0.717, 1.165) is 18.4 Å². The Morgan fingerprint density at radius 2 is 2.12 bits per heavy atom. The molecule has 0 bridgehead atoms. The topological polar surface area (TPSA) is 122 Å². The first-order valence-corrected chi connectivity index (χ1v) is 10.6. The van der Waals surface area contributed by atoms with Crippen LogP contribution in [0.1, 0.15) is 53.5 Å². The van der Waals surface area contributed by atoms with Gasteiger partial charge in [0.05, 0.1) is 12.2 Å². The average Bonchev–Trinajstić information content (AvgIpc) is 3.22. The number of hydrogen-bond donors (Lipinski definition) is 2. The molecule has 2 aromatic heterocycles. The minimum absolute atomic E-state index is 0.0489. The fraction of sp³-hybridized carbons (Fsp3) is 0.435. The van der Waals surface area contributed by atoms with Crippen molar-refractivity contribution < 1.29 is 24.2 Å². The van der Waals surface area contributed by atoms with Crippen molar-refractivity contribution in [2.45, 2.75) is 39.7 Å². The molecule has 1 fully saturated rings. The van der Waals surface area contributed by atoms with E-state index >= 15 is 0 Å². The second-order valence-corrected chi connectivity index (χ2v) is 7.71. The van der Waals surface area contributed by atoms with Crippen molar-refractivity contribution in [3.8, 4) is 5.88 Å². The van der Waals surface area contributed by atoms with E-state index in [0.29, 0.717) is 42.6 Å². The molecule has 172 valence electrons. The second kappa shape index (κ2) is 12.4. The molecule has 0 saturated carbocycles. The van der Waals surface area contributed by atoms with Crippen molar-refractivity contribution in [1.29, 1.82) is 0 Å². The number of rotatable bonds is 7. The van der Waals surface area contributed by atoms with Crippen molar-refractivity contribution >= 4 is 18.3 Å². The number of aromatic nitrogens is 2. The van der Waals surface area contributed by atoms with Crippen LogP contribution >= 0.6 is 0 Å². The van der Waals surface area contributed by atoms with E-state index < -0.39 is 0 Å².